The number of carbonyl (C=O) groups is 1. The average molecular weight is 310 g/mol. The molecular formula is C17H27FN2O2. The number of hydrogen-bond acceptors (Lipinski definition) is 4. The van der Waals surface area contributed by atoms with Gasteiger partial charge in [-0.05, 0) is 31.5 Å². The van der Waals surface area contributed by atoms with Crippen LogP contribution >= 0.6 is 0 Å². The third-order valence-corrected chi connectivity index (χ3v) is 3.34. The van der Waals surface area contributed by atoms with Crippen molar-refractivity contribution in [3.05, 3.63) is 29.6 Å². The fourth-order valence-electron chi connectivity index (χ4n) is 2.14. The van der Waals surface area contributed by atoms with Gasteiger partial charge in [-0.25, -0.2) is 4.39 Å². The van der Waals surface area contributed by atoms with Gasteiger partial charge in [-0.15, -0.1) is 0 Å². The van der Waals surface area contributed by atoms with Crippen LogP contribution in [0.5, 0.6) is 0 Å². The zero-order chi connectivity index (χ0) is 16.5. The van der Waals surface area contributed by atoms with Crippen molar-refractivity contribution >= 4 is 11.7 Å². The van der Waals surface area contributed by atoms with E-state index in [0.717, 1.165) is 5.56 Å². The Morgan fingerprint density at radius 2 is 2.09 bits per heavy atom. The standard InChI is InChI=1S/C17H27FN2O2/c1-5-20(10-9-17(21)22-6-2)16-11-14(7-8-15(16)18)12-19-13(3)4/h7-8,11,13,19H,5-6,9-10,12H2,1-4H3. The van der Waals surface area contributed by atoms with Gasteiger partial charge in [0.05, 0.1) is 18.7 Å². The summed E-state index contributed by atoms with van der Waals surface area (Å²) in [7, 11) is 0. The SMILES string of the molecule is CCOC(=O)CCN(CC)c1cc(CNC(C)C)ccc1F. The summed E-state index contributed by atoms with van der Waals surface area (Å²) in [6.45, 7) is 10.0. The van der Waals surface area contributed by atoms with E-state index < -0.39 is 0 Å². The first-order chi connectivity index (χ1) is 10.5. The van der Waals surface area contributed by atoms with Crippen LogP contribution in [0.3, 0.4) is 0 Å². The van der Waals surface area contributed by atoms with Crippen molar-refractivity contribution in [1.29, 1.82) is 0 Å². The minimum absolute atomic E-state index is 0.251. The Morgan fingerprint density at radius 1 is 1.36 bits per heavy atom. The van der Waals surface area contributed by atoms with Gasteiger partial charge < -0.3 is 15.0 Å². The van der Waals surface area contributed by atoms with E-state index in [1.807, 2.05) is 17.9 Å². The maximum Gasteiger partial charge on any atom is 0.307 e. The molecule has 22 heavy (non-hydrogen) atoms. The van der Waals surface area contributed by atoms with Gasteiger partial charge in [-0.2, -0.15) is 0 Å². The van der Waals surface area contributed by atoms with E-state index in [2.05, 4.69) is 19.2 Å². The second-order valence-electron chi connectivity index (χ2n) is 5.46. The number of halogens is 1. The summed E-state index contributed by atoms with van der Waals surface area (Å²) >= 11 is 0. The monoisotopic (exact) mass is 310 g/mol. The lowest BCUT2D eigenvalue weighted by atomic mass is 10.1. The summed E-state index contributed by atoms with van der Waals surface area (Å²) in [5.41, 5.74) is 1.56. The van der Waals surface area contributed by atoms with E-state index in [0.29, 0.717) is 38.0 Å². The first-order valence-electron chi connectivity index (χ1n) is 7.90. The van der Waals surface area contributed by atoms with Crippen molar-refractivity contribution < 1.29 is 13.9 Å². The van der Waals surface area contributed by atoms with Gasteiger partial charge >= 0.3 is 5.97 Å². The van der Waals surface area contributed by atoms with Gasteiger partial charge in [0.1, 0.15) is 5.82 Å². The van der Waals surface area contributed by atoms with Gasteiger partial charge in [0, 0.05) is 25.7 Å². The molecule has 1 aromatic rings. The molecule has 1 rings (SSSR count). The fourth-order valence-corrected chi connectivity index (χ4v) is 2.14. The number of nitrogens with zero attached hydrogens (tertiary/aromatic N) is 1. The number of benzene rings is 1. The Hall–Kier alpha value is -1.62. The van der Waals surface area contributed by atoms with E-state index in [4.69, 9.17) is 4.74 Å². The smallest absolute Gasteiger partial charge is 0.307 e. The maximum atomic E-state index is 14.1. The van der Waals surface area contributed by atoms with Crippen LogP contribution in [0.1, 0.15) is 39.7 Å². The fraction of sp³-hybridized carbons (Fsp3) is 0.588. The molecule has 124 valence electrons. The summed E-state index contributed by atoms with van der Waals surface area (Å²) in [5.74, 6) is -0.516. The zero-order valence-corrected chi connectivity index (χ0v) is 14.0. The molecule has 0 aliphatic carbocycles. The highest BCUT2D eigenvalue weighted by molar-refractivity contribution is 5.70. The Bertz CT molecular complexity index is 478. The number of rotatable bonds is 9. The van der Waals surface area contributed by atoms with Crippen molar-refractivity contribution in [1.82, 2.24) is 5.32 Å². The van der Waals surface area contributed by atoms with E-state index in [1.54, 1.807) is 13.0 Å². The van der Waals surface area contributed by atoms with Crippen LogP contribution in [-0.2, 0) is 16.1 Å². The Labute approximate surface area is 132 Å². The zero-order valence-electron chi connectivity index (χ0n) is 14.0. The number of carbonyl (C=O) groups excluding carboxylic acids is 1. The molecule has 0 amide bonds. The quantitative estimate of drug-likeness (QED) is 0.712. The maximum absolute atomic E-state index is 14.1. The van der Waals surface area contributed by atoms with Gasteiger partial charge in [-0.3, -0.25) is 4.79 Å². The molecule has 0 bridgehead atoms. The summed E-state index contributed by atoms with van der Waals surface area (Å²) in [4.78, 5) is 13.3. The molecule has 0 saturated heterocycles. The van der Waals surface area contributed by atoms with Gasteiger partial charge in [0.25, 0.3) is 0 Å². The van der Waals surface area contributed by atoms with E-state index >= 15 is 0 Å². The molecule has 1 aromatic carbocycles. The predicted molar refractivity (Wildman–Crippen MR) is 87.5 cm³/mol. The highest BCUT2D eigenvalue weighted by atomic mass is 19.1. The minimum atomic E-state index is -0.265. The molecule has 0 aliphatic rings. The molecule has 1 N–H and O–H groups in total. The second-order valence-corrected chi connectivity index (χ2v) is 5.46. The third kappa shape index (κ3) is 6.02. The molecule has 0 radical (unpaired) electrons. The predicted octanol–water partition coefficient (Wildman–Crippen LogP) is 3.10. The lowest BCUT2D eigenvalue weighted by Crippen LogP contribution is -2.28. The Morgan fingerprint density at radius 3 is 2.68 bits per heavy atom. The molecule has 0 unspecified atom stereocenters. The third-order valence-electron chi connectivity index (χ3n) is 3.34. The normalized spacial score (nSPS) is 10.8. The molecule has 0 spiro atoms. The number of anilines is 1. The van der Waals surface area contributed by atoms with Gasteiger partial charge in [-0.1, -0.05) is 19.9 Å². The topological polar surface area (TPSA) is 41.6 Å². The largest absolute Gasteiger partial charge is 0.466 e. The van der Waals surface area contributed by atoms with Crippen LogP contribution in [0.4, 0.5) is 10.1 Å². The average Bonchev–Trinajstić information content (AvgIpc) is 2.48. The number of esters is 1. The minimum Gasteiger partial charge on any atom is -0.466 e. The molecule has 0 fully saturated rings. The summed E-state index contributed by atoms with van der Waals surface area (Å²) in [6, 6.07) is 5.49. The van der Waals surface area contributed by atoms with E-state index in [1.165, 1.54) is 6.07 Å². The highest BCUT2D eigenvalue weighted by Gasteiger charge is 2.13. The van der Waals surface area contributed by atoms with Gasteiger partial charge in [0.2, 0.25) is 0 Å². The molecule has 0 aliphatic heterocycles. The molecular weight excluding hydrogens is 283 g/mol. The van der Waals surface area contributed by atoms with E-state index in [-0.39, 0.29) is 18.2 Å². The Balaban J connectivity index is 2.77. The number of ether oxygens (including phenoxy) is 1. The Kier molecular flexibility index (Phi) is 7.88. The molecule has 0 atom stereocenters. The summed E-state index contributed by atoms with van der Waals surface area (Å²) in [5, 5.41) is 3.32. The molecule has 4 nitrogen and oxygen atoms in total. The summed E-state index contributed by atoms with van der Waals surface area (Å²) < 4.78 is 19.0. The van der Waals surface area contributed by atoms with Crippen LogP contribution in [0.15, 0.2) is 18.2 Å². The first kappa shape index (κ1) is 18.4. The van der Waals surface area contributed by atoms with Gasteiger partial charge in [0.15, 0.2) is 0 Å². The molecule has 0 heterocycles. The number of nitrogens with one attached hydrogen (secondary N) is 1. The first-order valence-corrected chi connectivity index (χ1v) is 7.90. The highest BCUT2D eigenvalue weighted by Crippen LogP contribution is 2.21. The second kappa shape index (κ2) is 9.41. The lowest BCUT2D eigenvalue weighted by molar-refractivity contribution is -0.142. The van der Waals surface area contributed by atoms with E-state index in [9.17, 15) is 9.18 Å². The summed E-state index contributed by atoms with van der Waals surface area (Å²) in [6.07, 6.45) is 0.260. The molecule has 0 aromatic heterocycles. The molecule has 5 heteroatoms. The lowest BCUT2D eigenvalue weighted by Gasteiger charge is -2.24. The van der Waals surface area contributed by atoms with Crippen LogP contribution in [0.2, 0.25) is 0 Å². The van der Waals surface area contributed by atoms with Crippen molar-refractivity contribution in [2.45, 2.75) is 46.7 Å². The van der Waals surface area contributed by atoms with Crippen LogP contribution in [0, 0.1) is 5.82 Å². The van der Waals surface area contributed by atoms with Crippen LogP contribution in [0.25, 0.3) is 0 Å². The van der Waals surface area contributed by atoms with Crippen LogP contribution < -0.4 is 10.2 Å². The number of hydrogen-bond donors (Lipinski definition) is 1. The van der Waals surface area contributed by atoms with Crippen molar-refractivity contribution in [2.75, 3.05) is 24.6 Å². The van der Waals surface area contributed by atoms with Crippen LogP contribution in [-0.4, -0.2) is 31.7 Å². The van der Waals surface area contributed by atoms with Crippen molar-refractivity contribution in [2.24, 2.45) is 0 Å². The molecule has 0 saturated carbocycles. The van der Waals surface area contributed by atoms with Crippen molar-refractivity contribution in [3.63, 3.8) is 0 Å². The van der Waals surface area contributed by atoms with Crippen molar-refractivity contribution in [3.8, 4) is 0 Å².